The van der Waals surface area contributed by atoms with E-state index in [9.17, 15) is 9.59 Å². The van der Waals surface area contributed by atoms with Gasteiger partial charge in [-0.3, -0.25) is 14.6 Å². The minimum absolute atomic E-state index is 0.162. The lowest BCUT2D eigenvalue weighted by Crippen LogP contribution is -2.46. The number of aromatic amines is 3. The van der Waals surface area contributed by atoms with Crippen LogP contribution in [0, 0.1) is 0 Å². The molecule has 0 aliphatic carbocycles. The highest BCUT2D eigenvalue weighted by Crippen LogP contribution is 2.22. The zero-order valence-electron chi connectivity index (χ0n) is 14.3. The van der Waals surface area contributed by atoms with Gasteiger partial charge in [0.2, 0.25) is 0 Å². The molecular formula is C18H19N5O2. The van der Waals surface area contributed by atoms with Crippen LogP contribution in [-0.4, -0.2) is 24.9 Å². The maximum absolute atomic E-state index is 12.3. The van der Waals surface area contributed by atoms with E-state index in [1.54, 1.807) is 43.0 Å². The van der Waals surface area contributed by atoms with Gasteiger partial charge < -0.3 is 15.0 Å². The van der Waals surface area contributed by atoms with E-state index in [4.69, 9.17) is 0 Å². The first-order chi connectivity index (χ1) is 11.8. The van der Waals surface area contributed by atoms with Crippen molar-refractivity contribution < 1.29 is 0 Å². The van der Waals surface area contributed by atoms with E-state index in [2.05, 4.69) is 24.9 Å². The quantitative estimate of drug-likeness (QED) is 0.618. The first-order valence-electron chi connectivity index (χ1n) is 7.84. The van der Waals surface area contributed by atoms with Gasteiger partial charge in [0.15, 0.2) is 0 Å². The smallest absolute Gasteiger partial charge is 0.272 e. The van der Waals surface area contributed by atoms with Crippen LogP contribution in [0.4, 0.5) is 0 Å². The van der Waals surface area contributed by atoms with E-state index in [1.807, 2.05) is 20.8 Å². The molecule has 0 aromatic carbocycles. The molecule has 128 valence electrons. The van der Waals surface area contributed by atoms with Gasteiger partial charge in [0.25, 0.3) is 11.1 Å². The van der Waals surface area contributed by atoms with E-state index < -0.39 is 0 Å². The first kappa shape index (κ1) is 16.6. The Morgan fingerprint density at radius 2 is 1.56 bits per heavy atom. The van der Waals surface area contributed by atoms with Gasteiger partial charge in [0.1, 0.15) is 10.7 Å². The van der Waals surface area contributed by atoms with Crippen molar-refractivity contribution in [2.75, 3.05) is 0 Å². The van der Waals surface area contributed by atoms with Crippen molar-refractivity contribution in [3.05, 3.63) is 79.2 Å². The number of hydrogen-bond acceptors (Lipinski definition) is 4. The molecule has 0 aliphatic rings. The number of nitrogens with zero attached hydrogens (tertiary/aromatic N) is 2. The summed E-state index contributed by atoms with van der Waals surface area (Å²) in [6.07, 6.45) is 7.98. The van der Waals surface area contributed by atoms with Crippen LogP contribution >= 0.6 is 0 Å². The Kier molecular flexibility index (Phi) is 4.22. The minimum Gasteiger partial charge on any atom is -0.348 e. The molecule has 0 aliphatic heterocycles. The third-order valence-corrected chi connectivity index (χ3v) is 3.70. The van der Waals surface area contributed by atoms with E-state index >= 15 is 0 Å². The second-order valence-corrected chi connectivity index (χ2v) is 6.72. The summed E-state index contributed by atoms with van der Waals surface area (Å²) in [6.45, 7) is 6.12. The Labute approximate surface area is 143 Å². The summed E-state index contributed by atoms with van der Waals surface area (Å²) in [5.41, 5.74) is 1.36. The minimum atomic E-state index is -0.386. The van der Waals surface area contributed by atoms with Crippen LogP contribution in [0.15, 0.2) is 40.4 Å². The molecule has 3 rings (SSSR count). The van der Waals surface area contributed by atoms with Gasteiger partial charge >= 0.3 is 0 Å². The predicted octanol–water partition coefficient (Wildman–Crippen LogP) is 0.136. The van der Waals surface area contributed by atoms with Crippen molar-refractivity contribution in [3.63, 3.8) is 0 Å². The summed E-state index contributed by atoms with van der Waals surface area (Å²) >= 11 is 0. The molecule has 3 aromatic heterocycles. The van der Waals surface area contributed by atoms with Gasteiger partial charge in [-0.2, -0.15) is 0 Å². The summed E-state index contributed by atoms with van der Waals surface area (Å²) in [6, 6.07) is 3.49. The maximum atomic E-state index is 12.3. The normalized spacial score (nSPS) is 13.4. The van der Waals surface area contributed by atoms with Crippen molar-refractivity contribution in [2.24, 2.45) is 0 Å². The van der Waals surface area contributed by atoms with E-state index in [0.717, 1.165) is 11.3 Å². The zero-order valence-corrected chi connectivity index (χ0v) is 14.3. The summed E-state index contributed by atoms with van der Waals surface area (Å²) < 4.78 is 0. The fraction of sp³-hybridized carbons (Fsp3) is 0.222. The second-order valence-electron chi connectivity index (χ2n) is 6.72. The Bertz CT molecular complexity index is 1110. The lowest BCUT2D eigenvalue weighted by molar-refractivity contribution is 0.571. The second kappa shape index (κ2) is 6.35. The molecule has 3 aromatic rings. The van der Waals surface area contributed by atoms with Crippen LogP contribution in [0.5, 0.6) is 0 Å². The van der Waals surface area contributed by atoms with Crippen molar-refractivity contribution in [2.45, 2.75) is 26.2 Å². The molecule has 3 N–H and O–H groups in total. The third kappa shape index (κ3) is 3.65. The molecule has 0 spiro atoms. The molecule has 0 saturated heterocycles. The number of hydrogen-bond donors (Lipinski definition) is 3. The molecule has 0 atom stereocenters. The van der Waals surface area contributed by atoms with Crippen LogP contribution in [0.1, 0.15) is 37.7 Å². The van der Waals surface area contributed by atoms with Crippen molar-refractivity contribution in [3.8, 4) is 0 Å². The summed E-state index contributed by atoms with van der Waals surface area (Å²) in [7, 11) is 0. The Morgan fingerprint density at radius 3 is 2.16 bits per heavy atom. The Morgan fingerprint density at radius 1 is 0.960 bits per heavy atom. The Hall–Kier alpha value is -3.22. The molecule has 0 radical (unpaired) electrons. The molecule has 25 heavy (non-hydrogen) atoms. The highest BCUT2D eigenvalue weighted by Gasteiger charge is 2.19. The number of nitrogens with one attached hydrogen (secondary N) is 3. The molecule has 0 unspecified atom stereocenters. The van der Waals surface area contributed by atoms with Gasteiger partial charge in [0.05, 0.1) is 12.0 Å². The fourth-order valence-electron chi connectivity index (χ4n) is 2.47. The lowest BCUT2D eigenvalue weighted by atomic mass is 9.90. The number of imidazole rings is 1. The molecule has 0 amide bonds. The molecule has 0 fully saturated rings. The van der Waals surface area contributed by atoms with Gasteiger partial charge in [-0.1, -0.05) is 20.8 Å². The van der Waals surface area contributed by atoms with Gasteiger partial charge in [-0.05, 0) is 29.8 Å². The standard InChI is InChI=1S/C18H19N5O2/c1-18(2,3)15-12(20-10-21-15)9-14-17(25)22-13(16(24)23-14)8-11-4-6-19-7-5-11/h4-10H,1-3H3,(H,20,21)(H,22,25)(H,23,24). The SMILES string of the molecule is CC(C)(C)c1[nH]cnc1C=c1[nH]c(=O)c(=Cc2ccncc2)[nH]c1=O. The third-order valence-electron chi connectivity index (χ3n) is 3.70. The first-order valence-corrected chi connectivity index (χ1v) is 7.84. The molecule has 7 nitrogen and oxygen atoms in total. The molecule has 7 heteroatoms. The number of pyridine rings is 1. The van der Waals surface area contributed by atoms with Gasteiger partial charge in [-0.25, -0.2) is 4.98 Å². The molecule has 0 bridgehead atoms. The van der Waals surface area contributed by atoms with Crippen molar-refractivity contribution in [1.29, 1.82) is 0 Å². The van der Waals surface area contributed by atoms with Crippen LogP contribution < -0.4 is 21.8 Å². The van der Waals surface area contributed by atoms with Crippen molar-refractivity contribution >= 4 is 12.2 Å². The van der Waals surface area contributed by atoms with E-state index in [-0.39, 0.29) is 27.2 Å². The number of H-pyrrole nitrogens is 3. The van der Waals surface area contributed by atoms with E-state index in [0.29, 0.717) is 5.69 Å². The molecule has 3 heterocycles. The van der Waals surface area contributed by atoms with Crippen molar-refractivity contribution in [1.82, 2.24) is 24.9 Å². The van der Waals surface area contributed by atoms with Crippen LogP contribution in [0.25, 0.3) is 12.2 Å². The zero-order chi connectivity index (χ0) is 18.0. The number of rotatable bonds is 2. The average molecular weight is 337 g/mol. The average Bonchev–Trinajstić information content (AvgIpc) is 3.02. The topological polar surface area (TPSA) is 107 Å². The monoisotopic (exact) mass is 337 g/mol. The van der Waals surface area contributed by atoms with Crippen LogP contribution in [-0.2, 0) is 5.41 Å². The fourth-order valence-corrected chi connectivity index (χ4v) is 2.47. The molecule has 0 saturated carbocycles. The predicted molar refractivity (Wildman–Crippen MR) is 95.6 cm³/mol. The maximum Gasteiger partial charge on any atom is 0.272 e. The molecular weight excluding hydrogens is 318 g/mol. The highest BCUT2D eigenvalue weighted by molar-refractivity contribution is 5.49. The van der Waals surface area contributed by atoms with E-state index in [1.165, 1.54) is 0 Å². The summed E-state index contributed by atoms with van der Waals surface area (Å²) in [5.74, 6) is 0. The summed E-state index contributed by atoms with van der Waals surface area (Å²) in [4.78, 5) is 41.1. The highest BCUT2D eigenvalue weighted by atomic mass is 16.1. The Balaban J connectivity index is 2.14. The largest absolute Gasteiger partial charge is 0.348 e. The lowest BCUT2D eigenvalue weighted by Gasteiger charge is -2.16. The van der Waals surface area contributed by atoms with Gasteiger partial charge in [0, 0.05) is 23.5 Å². The van der Waals surface area contributed by atoms with Gasteiger partial charge in [-0.15, -0.1) is 0 Å². The van der Waals surface area contributed by atoms with Crippen LogP contribution in [0.3, 0.4) is 0 Å². The van der Waals surface area contributed by atoms with Crippen LogP contribution in [0.2, 0.25) is 0 Å². The summed E-state index contributed by atoms with van der Waals surface area (Å²) in [5, 5.41) is 0.348. The number of aromatic nitrogens is 5.